The van der Waals surface area contributed by atoms with E-state index in [1.807, 2.05) is 6.92 Å². The largest absolute Gasteiger partial charge is 0.459 e. The zero-order valence-corrected chi connectivity index (χ0v) is 11.5. The molecule has 1 N–H and O–H groups in total. The molecule has 2 aromatic rings. The lowest BCUT2D eigenvalue weighted by Crippen LogP contribution is -2.28. The van der Waals surface area contributed by atoms with Crippen LogP contribution in [0.4, 0.5) is 0 Å². The molecule has 0 radical (unpaired) electrons. The van der Waals surface area contributed by atoms with Crippen molar-refractivity contribution in [1.82, 2.24) is 20.1 Å². The lowest BCUT2D eigenvalue weighted by molar-refractivity contribution is 0.0909. The maximum atomic E-state index is 12.0. The summed E-state index contributed by atoms with van der Waals surface area (Å²) in [5.41, 5.74) is 0. The van der Waals surface area contributed by atoms with Gasteiger partial charge in [-0.2, -0.15) is 0 Å². The molecule has 20 heavy (non-hydrogen) atoms. The van der Waals surface area contributed by atoms with E-state index in [1.54, 1.807) is 12.1 Å². The summed E-state index contributed by atoms with van der Waals surface area (Å²) in [6, 6.07) is 3.15. The van der Waals surface area contributed by atoms with Gasteiger partial charge in [-0.05, 0) is 31.9 Å². The van der Waals surface area contributed by atoms with Gasteiger partial charge < -0.3 is 14.3 Å². The first-order valence-electron chi connectivity index (χ1n) is 7.02. The Balaban J connectivity index is 1.76. The lowest BCUT2D eigenvalue weighted by Gasteiger charge is -2.14. The predicted octanol–water partition coefficient (Wildman–Crippen LogP) is 2.09. The van der Waals surface area contributed by atoms with E-state index >= 15 is 0 Å². The third-order valence-electron chi connectivity index (χ3n) is 3.62. The molecule has 3 rings (SSSR count). The van der Waals surface area contributed by atoms with E-state index in [9.17, 15) is 4.79 Å². The maximum absolute atomic E-state index is 12.0. The maximum Gasteiger partial charge on any atom is 0.287 e. The monoisotopic (exact) mass is 274 g/mol. The van der Waals surface area contributed by atoms with E-state index in [4.69, 9.17) is 4.42 Å². The molecule has 0 saturated carbocycles. The van der Waals surface area contributed by atoms with Gasteiger partial charge in [0.25, 0.3) is 5.91 Å². The molecule has 0 aliphatic carbocycles. The zero-order valence-electron chi connectivity index (χ0n) is 11.5. The number of furan rings is 1. The van der Waals surface area contributed by atoms with Crippen LogP contribution >= 0.6 is 0 Å². The highest BCUT2D eigenvalue weighted by atomic mass is 16.3. The zero-order chi connectivity index (χ0) is 13.9. The second kappa shape index (κ2) is 5.48. The van der Waals surface area contributed by atoms with E-state index in [-0.39, 0.29) is 11.9 Å². The molecule has 1 aliphatic rings. The van der Waals surface area contributed by atoms with Crippen molar-refractivity contribution in [2.45, 2.75) is 45.2 Å². The summed E-state index contributed by atoms with van der Waals surface area (Å²) in [5.74, 6) is 1.93. The Morgan fingerprint density at radius 2 is 2.30 bits per heavy atom. The highest BCUT2D eigenvalue weighted by Crippen LogP contribution is 2.18. The molecule has 3 heterocycles. The third kappa shape index (κ3) is 2.45. The van der Waals surface area contributed by atoms with E-state index < -0.39 is 0 Å². The molecule has 1 atom stereocenters. The summed E-state index contributed by atoms with van der Waals surface area (Å²) in [6.45, 7) is 2.85. The third-order valence-corrected chi connectivity index (χ3v) is 3.62. The number of nitrogens with zero attached hydrogens (tertiary/aromatic N) is 3. The smallest absolute Gasteiger partial charge is 0.287 e. The summed E-state index contributed by atoms with van der Waals surface area (Å²) in [7, 11) is 0. The van der Waals surface area contributed by atoms with E-state index in [2.05, 4.69) is 20.1 Å². The number of hydrogen-bond donors (Lipinski definition) is 1. The van der Waals surface area contributed by atoms with Gasteiger partial charge in [-0.1, -0.05) is 6.42 Å². The molecule has 0 saturated heterocycles. The van der Waals surface area contributed by atoms with Gasteiger partial charge in [0.15, 0.2) is 11.6 Å². The normalized spacial score (nSPS) is 16.2. The van der Waals surface area contributed by atoms with E-state index in [0.717, 1.165) is 37.5 Å². The minimum absolute atomic E-state index is 0.188. The number of aryl methyl sites for hydroxylation is 1. The van der Waals surface area contributed by atoms with Crippen molar-refractivity contribution in [2.24, 2.45) is 0 Å². The van der Waals surface area contributed by atoms with Crippen molar-refractivity contribution < 1.29 is 9.21 Å². The first kappa shape index (κ1) is 12.9. The average Bonchev–Trinajstić information content (AvgIpc) is 3.04. The molecular weight excluding hydrogens is 256 g/mol. The Morgan fingerprint density at radius 1 is 1.40 bits per heavy atom. The number of rotatable bonds is 3. The average molecular weight is 274 g/mol. The Hall–Kier alpha value is -2.11. The fraction of sp³-hybridized carbons (Fsp3) is 0.500. The summed E-state index contributed by atoms with van der Waals surface area (Å²) < 4.78 is 7.23. The molecular formula is C14H18N4O2. The van der Waals surface area contributed by atoms with Crippen LogP contribution < -0.4 is 5.32 Å². The second-order valence-corrected chi connectivity index (χ2v) is 5.11. The van der Waals surface area contributed by atoms with Crippen molar-refractivity contribution in [3.8, 4) is 0 Å². The Bertz CT molecular complexity index is 588. The lowest BCUT2D eigenvalue weighted by atomic mass is 10.2. The van der Waals surface area contributed by atoms with Crippen LogP contribution in [0.15, 0.2) is 22.8 Å². The summed E-state index contributed by atoms with van der Waals surface area (Å²) >= 11 is 0. The van der Waals surface area contributed by atoms with Gasteiger partial charge in [0.1, 0.15) is 5.82 Å². The van der Waals surface area contributed by atoms with Gasteiger partial charge in [-0.15, -0.1) is 10.2 Å². The fourth-order valence-electron chi connectivity index (χ4n) is 2.57. The molecule has 0 bridgehead atoms. The number of amides is 1. The number of hydrogen-bond acceptors (Lipinski definition) is 4. The van der Waals surface area contributed by atoms with Crippen LogP contribution in [0.5, 0.6) is 0 Å². The Morgan fingerprint density at radius 3 is 3.10 bits per heavy atom. The van der Waals surface area contributed by atoms with Crippen LogP contribution in [0, 0.1) is 0 Å². The summed E-state index contributed by atoms with van der Waals surface area (Å²) in [5, 5.41) is 11.4. The molecule has 0 unspecified atom stereocenters. The van der Waals surface area contributed by atoms with Crippen LogP contribution in [0.25, 0.3) is 0 Å². The SMILES string of the molecule is C[C@H](NC(=O)c1ccco1)c1nnc2n1CCCCC2. The minimum Gasteiger partial charge on any atom is -0.459 e. The summed E-state index contributed by atoms with van der Waals surface area (Å²) in [4.78, 5) is 12.0. The number of aromatic nitrogens is 3. The second-order valence-electron chi connectivity index (χ2n) is 5.11. The molecule has 0 aromatic carbocycles. The number of carbonyl (C=O) groups is 1. The number of fused-ring (bicyclic) bond motifs is 1. The molecule has 0 fully saturated rings. The highest BCUT2D eigenvalue weighted by molar-refractivity contribution is 5.91. The number of nitrogens with one attached hydrogen (secondary N) is 1. The molecule has 6 nitrogen and oxygen atoms in total. The summed E-state index contributed by atoms with van der Waals surface area (Å²) in [6.07, 6.45) is 5.96. The van der Waals surface area contributed by atoms with Gasteiger partial charge in [0, 0.05) is 13.0 Å². The Labute approximate surface area is 117 Å². The van der Waals surface area contributed by atoms with Crippen molar-refractivity contribution in [3.63, 3.8) is 0 Å². The molecule has 106 valence electrons. The topological polar surface area (TPSA) is 73.0 Å². The first-order valence-corrected chi connectivity index (χ1v) is 7.02. The van der Waals surface area contributed by atoms with Crippen LogP contribution in [0.3, 0.4) is 0 Å². The molecule has 6 heteroatoms. The molecule has 0 spiro atoms. The Kier molecular flexibility index (Phi) is 3.54. The predicted molar refractivity (Wildman–Crippen MR) is 72.2 cm³/mol. The standard InChI is InChI=1S/C14H18N4O2/c1-10(15-14(19)11-6-5-9-20-11)13-17-16-12-7-3-2-4-8-18(12)13/h5-6,9-10H,2-4,7-8H2,1H3,(H,15,19)/t10-/m0/s1. The van der Waals surface area contributed by atoms with Crippen LogP contribution in [0.1, 0.15) is 54.4 Å². The highest BCUT2D eigenvalue weighted by Gasteiger charge is 2.21. The van der Waals surface area contributed by atoms with Gasteiger partial charge in [-0.3, -0.25) is 4.79 Å². The van der Waals surface area contributed by atoms with E-state index in [1.165, 1.54) is 12.7 Å². The van der Waals surface area contributed by atoms with Gasteiger partial charge in [0.2, 0.25) is 0 Å². The molecule has 1 amide bonds. The quantitative estimate of drug-likeness (QED) is 0.930. The van der Waals surface area contributed by atoms with Crippen molar-refractivity contribution in [1.29, 1.82) is 0 Å². The van der Waals surface area contributed by atoms with Crippen molar-refractivity contribution >= 4 is 5.91 Å². The van der Waals surface area contributed by atoms with Crippen LogP contribution in [0.2, 0.25) is 0 Å². The molecule has 1 aliphatic heterocycles. The first-order chi connectivity index (χ1) is 9.75. The van der Waals surface area contributed by atoms with Crippen LogP contribution in [-0.2, 0) is 13.0 Å². The van der Waals surface area contributed by atoms with Gasteiger partial charge >= 0.3 is 0 Å². The minimum atomic E-state index is -0.228. The van der Waals surface area contributed by atoms with E-state index in [0.29, 0.717) is 5.76 Å². The van der Waals surface area contributed by atoms with Gasteiger partial charge in [-0.25, -0.2) is 0 Å². The fourth-order valence-corrected chi connectivity index (χ4v) is 2.57. The van der Waals surface area contributed by atoms with Crippen molar-refractivity contribution in [3.05, 3.63) is 35.8 Å². The van der Waals surface area contributed by atoms with Crippen molar-refractivity contribution in [2.75, 3.05) is 0 Å². The van der Waals surface area contributed by atoms with Gasteiger partial charge in [0.05, 0.1) is 12.3 Å². The number of carbonyl (C=O) groups excluding carboxylic acids is 1. The molecule has 2 aromatic heterocycles. The van der Waals surface area contributed by atoms with Crippen LogP contribution in [-0.4, -0.2) is 20.7 Å².